The number of rotatable bonds is 6. The van der Waals surface area contributed by atoms with E-state index in [1.165, 1.54) is 12.3 Å². The van der Waals surface area contributed by atoms with Gasteiger partial charge in [-0.1, -0.05) is 12.1 Å². The smallest absolute Gasteiger partial charge is 0.337 e. The highest BCUT2D eigenvalue weighted by molar-refractivity contribution is 7.86. The Balaban J connectivity index is 2.34. The normalized spacial score (nSPS) is 12.3. The van der Waals surface area contributed by atoms with E-state index in [1.54, 1.807) is 0 Å². The lowest BCUT2D eigenvalue weighted by atomic mass is 10.00. The molecule has 0 aliphatic carbocycles. The first-order valence-corrected chi connectivity index (χ1v) is 10.9. The van der Waals surface area contributed by atoms with Crippen LogP contribution in [0.25, 0.3) is 11.1 Å². The van der Waals surface area contributed by atoms with Crippen LogP contribution in [0.5, 0.6) is 5.75 Å². The van der Waals surface area contributed by atoms with Gasteiger partial charge in [0, 0.05) is 6.07 Å². The topological polar surface area (TPSA) is 220 Å². The summed E-state index contributed by atoms with van der Waals surface area (Å²) in [4.78, 5) is 9.76. The van der Waals surface area contributed by atoms with Gasteiger partial charge < -0.3 is 10.2 Å². The third-order valence-electron chi connectivity index (χ3n) is 3.91. The Morgan fingerprint density at radius 2 is 1.61 bits per heavy atom. The van der Waals surface area contributed by atoms with Gasteiger partial charge in [0.05, 0.1) is 27.9 Å². The molecule has 0 radical (unpaired) electrons. The quantitative estimate of drug-likeness (QED) is 0.262. The number of hydrogen-bond donors (Lipinski definition) is 5. The molecule has 2 aromatic carbocycles. The van der Waals surface area contributed by atoms with Gasteiger partial charge >= 0.3 is 5.97 Å². The molecule has 3 aromatic rings. The van der Waals surface area contributed by atoms with E-state index >= 15 is 0 Å². The van der Waals surface area contributed by atoms with Gasteiger partial charge in [-0.05, 0) is 23.8 Å². The highest BCUT2D eigenvalue weighted by Gasteiger charge is 2.30. The van der Waals surface area contributed by atoms with E-state index in [0.29, 0.717) is 0 Å². The lowest BCUT2D eigenvalue weighted by molar-refractivity contribution is 0.0691. The molecule has 31 heavy (non-hydrogen) atoms. The summed E-state index contributed by atoms with van der Waals surface area (Å²) in [6, 6.07) is 6.28. The van der Waals surface area contributed by atoms with Crippen LogP contribution in [0.3, 0.4) is 0 Å². The van der Waals surface area contributed by atoms with E-state index in [1.807, 2.05) is 0 Å². The summed E-state index contributed by atoms with van der Waals surface area (Å²) in [5, 5.41) is 33.6. The number of phenolic OH excluding ortho intramolecular Hbond substituents is 1. The molecule has 0 spiro atoms. The number of carboxylic acid groups (broad SMARTS) is 1. The number of phenols is 1. The van der Waals surface area contributed by atoms with Crippen LogP contribution in [0.2, 0.25) is 0 Å². The molecule has 5 N–H and O–H groups in total. The maximum absolute atomic E-state index is 11.8. The summed E-state index contributed by atoms with van der Waals surface area (Å²) in [7, 11) is -9.74. The zero-order valence-electron chi connectivity index (χ0n) is 15.0. The molecular weight excluding hydrogens is 456 g/mol. The molecule has 0 aliphatic heterocycles. The lowest BCUT2D eigenvalue weighted by Gasteiger charge is -2.14. The number of carbonyl (C=O) groups is 1. The minimum atomic E-state index is -5.20. The monoisotopic (exact) mass is 468 g/mol. The van der Waals surface area contributed by atoms with Gasteiger partial charge in [0.1, 0.15) is 5.75 Å². The van der Waals surface area contributed by atoms with Crippen LogP contribution in [0.4, 0.5) is 11.5 Å². The molecule has 162 valence electrons. The van der Waals surface area contributed by atoms with Crippen molar-refractivity contribution in [1.82, 2.24) is 10.2 Å². The Labute approximate surface area is 174 Å². The van der Waals surface area contributed by atoms with Crippen LogP contribution in [0.1, 0.15) is 10.4 Å². The first-order valence-electron chi connectivity index (χ1n) is 7.99. The fraction of sp³-hybridized carbons (Fsp3) is 0. The summed E-state index contributed by atoms with van der Waals surface area (Å²) >= 11 is 0. The van der Waals surface area contributed by atoms with Crippen molar-refractivity contribution in [2.75, 3.05) is 0 Å². The highest BCUT2D eigenvalue weighted by Crippen LogP contribution is 2.44. The molecule has 1 aromatic heterocycles. The van der Waals surface area contributed by atoms with Gasteiger partial charge in [0.15, 0.2) is 10.7 Å². The third-order valence-corrected chi connectivity index (χ3v) is 5.71. The van der Waals surface area contributed by atoms with Crippen molar-refractivity contribution in [2.24, 2.45) is 10.2 Å². The summed E-state index contributed by atoms with van der Waals surface area (Å²) in [5.74, 6) is -2.79. The fourth-order valence-corrected chi connectivity index (χ4v) is 3.88. The van der Waals surface area contributed by atoms with Crippen LogP contribution in [0, 0.1) is 0 Å². The molecule has 0 saturated carbocycles. The van der Waals surface area contributed by atoms with Gasteiger partial charge in [-0.2, -0.15) is 21.9 Å². The van der Waals surface area contributed by atoms with Gasteiger partial charge in [-0.25, -0.2) is 4.79 Å². The molecule has 15 heteroatoms. The second-order valence-electron chi connectivity index (χ2n) is 5.92. The predicted molar refractivity (Wildman–Crippen MR) is 103 cm³/mol. The number of aromatic carboxylic acids is 1. The second kappa shape index (κ2) is 7.88. The second-order valence-corrected chi connectivity index (χ2v) is 8.70. The van der Waals surface area contributed by atoms with Crippen molar-refractivity contribution >= 4 is 37.7 Å². The maximum Gasteiger partial charge on any atom is 0.337 e. The Bertz CT molecular complexity index is 1400. The minimum absolute atomic E-state index is 0.0229. The van der Waals surface area contributed by atoms with E-state index in [0.717, 1.165) is 30.3 Å². The van der Waals surface area contributed by atoms with Gasteiger partial charge in [0.25, 0.3) is 20.2 Å². The van der Waals surface area contributed by atoms with Crippen LogP contribution in [-0.2, 0) is 20.2 Å². The summed E-state index contributed by atoms with van der Waals surface area (Å²) in [6.45, 7) is 0. The number of aromatic hydroxyl groups is 1. The van der Waals surface area contributed by atoms with E-state index in [4.69, 9.17) is 4.55 Å². The summed E-state index contributed by atoms with van der Waals surface area (Å²) in [6.07, 6.45) is 1.35. The molecule has 3 rings (SSSR count). The zero-order chi connectivity index (χ0) is 23.0. The van der Waals surface area contributed by atoms with Gasteiger partial charge in [-0.15, -0.1) is 10.2 Å². The molecule has 13 nitrogen and oxygen atoms in total. The van der Waals surface area contributed by atoms with Crippen molar-refractivity contribution in [3.63, 3.8) is 0 Å². The molecule has 0 saturated heterocycles. The number of hydrogen-bond acceptors (Lipinski definition) is 9. The summed E-state index contributed by atoms with van der Waals surface area (Å²) in [5.41, 5.74) is -1.69. The standard InChI is InChI=1S/C16H12N4O9S2/c21-14-13(8-1-3-9(4-2-8)30(24,25)26)11(18-20-12-5-6-17-19-12)7-10(16(22)23)15(14)31(27,28)29/h1-7,21H,(H,17,19)(H,22,23)(H,24,25,26)(H,27,28,29). The number of nitrogens with zero attached hydrogens (tertiary/aromatic N) is 3. The van der Waals surface area contributed by atoms with Crippen LogP contribution in [-0.4, -0.2) is 52.3 Å². The van der Waals surface area contributed by atoms with Crippen LogP contribution in [0.15, 0.2) is 62.6 Å². The van der Waals surface area contributed by atoms with E-state index in [2.05, 4.69) is 20.4 Å². The number of aromatic amines is 1. The average Bonchev–Trinajstić information content (AvgIpc) is 3.17. The van der Waals surface area contributed by atoms with E-state index < -0.39 is 47.3 Å². The number of carboxylic acids is 1. The fourth-order valence-electron chi connectivity index (χ4n) is 2.63. The van der Waals surface area contributed by atoms with Crippen LogP contribution >= 0.6 is 0 Å². The Morgan fingerprint density at radius 1 is 0.968 bits per heavy atom. The maximum atomic E-state index is 11.8. The van der Waals surface area contributed by atoms with Crippen LogP contribution < -0.4 is 0 Å². The number of nitrogens with one attached hydrogen (secondary N) is 1. The predicted octanol–water partition coefficient (Wildman–Crippen LogP) is 2.39. The van der Waals surface area contributed by atoms with Crippen molar-refractivity contribution in [3.05, 3.63) is 48.2 Å². The zero-order valence-corrected chi connectivity index (χ0v) is 16.7. The minimum Gasteiger partial charge on any atom is -0.506 e. The number of benzene rings is 2. The molecule has 0 fully saturated rings. The van der Waals surface area contributed by atoms with E-state index in [9.17, 15) is 36.4 Å². The number of azo groups is 1. The molecule has 0 bridgehead atoms. The molecular formula is C16H12N4O9S2. The lowest BCUT2D eigenvalue weighted by Crippen LogP contribution is -2.09. The van der Waals surface area contributed by atoms with Crippen molar-refractivity contribution < 1.29 is 40.9 Å². The first-order chi connectivity index (χ1) is 14.4. The highest BCUT2D eigenvalue weighted by atomic mass is 32.2. The molecule has 0 unspecified atom stereocenters. The van der Waals surface area contributed by atoms with Crippen molar-refractivity contribution in [1.29, 1.82) is 0 Å². The molecule has 0 amide bonds. The third kappa shape index (κ3) is 4.58. The molecule has 0 aliphatic rings. The average molecular weight is 468 g/mol. The van der Waals surface area contributed by atoms with Crippen molar-refractivity contribution in [3.8, 4) is 16.9 Å². The van der Waals surface area contributed by atoms with Gasteiger partial charge in [0.2, 0.25) is 0 Å². The Morgan fingerprint density at radius 3 is 2.10 bits per heavy atom. The SMILES string of the molecule is O=C(O)c1cc(N=Nc2ccn[nH]2)c(-c2ccc(S(=O)(=O)O)cc2)c(O)c1S(=O)(=O)O. The van der Waals surface area contributed by atoms with Gasteiger partial charge in [-0.3, -0.25) is 14.2 Å². The Hall–Kier alpha value is -3.66. The Kier molecular flexibility index (Phi) is 5.60. The van der Waals surface area contributed by atoms with Crippen molar-refractivity contribution in [2.45, 2.75) is 9.79 Å². The van der Waals surface area contributed by atoms with E-state index in [-0.39, 0.29) is 22.6 Å². The summed E-state index contributed by atoms with van der Waals surface area (Å²) < 4.78 is 64.6. The molecule has 1 heterocycles. The number of aromatic nitrogens is 2. The largest absolute Gasteiger partial charge is 0.506 e. The molecule has 0 atom stereocenters. The number of H-pyrrole nitrogens is 1. The first kappa shape index (κ1) is 22.0.